The molecule has 3 heterocycles. The van der Waals surface area contributed by atoms with Crippen molar-refractivity contribution in [2.45, 2.75) is 71.3 Å². The highest BCUT2D eigenvalue weighted by atomic mass is 19.4. The first kappa shape index (κ1) is 30.4. The minimum atomic E-state index is -4.51. The molecular weight excluding hydrogens is 559 g/mol. The van der Waals surface area contributed by atoms with Crippen molar-refractivity contribution in [1.82, 2.24) is 9.88 Å². The lowest BCUT2D eigenvalue weighted by Gasteiger charge is -2.24. The molecule has 2 aromatic carbocycles. The van der Waals surface area contributed by atoms with E-state index in [4.69, 9.17) is 14.5 Å². The Kier molecular flexibility index (Phi) is 8.66. The first-order chi connectivity index (χ1) is 20.4. The fourth-order valence-corrected chi connectivity index (χ4v) is 5.90. The number of hydrogen-bond acceptors (Lipinski definition) is 6. The zero-order chi connectivity index (χ0) is 30.9. The number of carbonyl (C=O) groups is 2. The maximum atomic E-state index is 13.6. The maximum Gasteiger partial charge on any atom is 0.416 e. The van der Waals surface area contributed by atoms with Crippen molar-refractivity contribution in [2.24, 2.45) is 0 Å². The molecule has 0 N–H and O–H groups in total. The Morgan fingerprint density at radius 3 is 2.49 bits per heavy atom. The number of alkyl halides is 3. The number of aromatic nitrogens is 1. The summed E-state index contributed by atoms with van der Waals surface area (Å²) in [7, 11) is 1.37. The van der Waals surface area contributed by atoms with Gasteiger partial charge >= 0.3 is 18.2 Å². The smallest absolute Gasteiger partial charge is 0.416 e. The number of rotatable bonds is 8. The lowest BCUT2D eigenvalue weighted by Crippen LogP contribution is -2.32. The molecule has 228 valence electrons. The Morgan fingerprint density at radius 2 is 1.79 bits per heavy atom. The lowest BCUT2D eigenvalue weighted by atomic mass is 9.94. The van der Waals surface area contributed by atoms with Crippen LogP contribution in [0.15, 0.2) is 48.5 Å². The van der Waals surface area contributed by atoms with Gasteiger partial charge in [-0.3, -0.25) is 9.69 Å². The minimum absolute atomic E-state index is 0.122. The van der Waals surface area contributed by atoms with Crippen molar-refractivity contribution in [2.75, 3.05) is 25.1 Å². The largest absolute Gasteiger partial charge is 0.469 e. The third-order valence-corrected chi connectivity index (χ3v) is 8.29. The molecule has 0 aliphatic carbocycles. The van der Waals surface area contributed by atoms with E-state index in [1.54, 1.807) is 19.9 Å². The second kappa shape index (κ2) is 12.3. The minimum Gasteiger partial charge on any atom is -0.469 e. The third-order valence-electron chi connectivity index (χ3n) is 8.29. The number of nitrogens with zero attached hydrogens (tertiary/aromatic N) is 3. The maximum absolute atomic E-state index is 13.6. The van der Waals surface area contributed by atoms with E-state index in [2.05, 4.69) is 4.90 Å². The number of methoxy groups -OCH3 is 1. The standard InChI is InChI=1S/C33H36F3N3O4/c1-20-15-24(18-25(16-20)33(34,35)36)31-22(3)39(32(41)43-31)19-28-26(10-11-29(37-28)38-13-5-6-14-38)27-17-23(8-7-21(27)2)9-12-30(40)42-4/h7-8,10-11,15-18,22,31H,5-6,9,12-14,19H2,1-4H3/t22-,31-/m0/s1. The van der Waals surface area contributed by atoms with Gasteiger partial charge in [0.2, 0.25) is 0 Å². The monoisotopic (exact) mass is 595 g/mol. The van der Waals surface area contributed by atoms with E-state index in [0.717, 1.165) is 66.1 Å². The van der Waals surface area contributed by atoms with Gasteiger partial charge in [-0.15, -0.1) is 0 Å². The average Bonchev–Trinajstić information content (AvgIpc) is 3.61. The topological polar surface area (TPSA) is 72.0 Å². The number of cyclic esters (lactones) is 1. The van der Waals surface area contributed by atoms with Crippen molar-refractivity contribution in [1.29, 1.82) is 0 Å². The van der Waals surface area contributed by atoms with Crippen LogP contribution in [0.25, 0.3) is 11.1 Å². The molecule has 0 bridgehead atoms. The molecule has 3 aromatic rings. The summed E-state index contributed by atoms with van der Waals surface area (Å²) in [5.74, 6) is 0.535. The molecule has 0 radical (unpaired) electrons. The van der Waals surface area contributed by atoms with Crippen LogP contribution in [0.3, 0.4) is 0 Å². The van der Waals surface area contributed by atoms with Crippen LogP contribution in [0.5, 0.6) is 0 Å². The SMILES string of the molecule is COC(=O)CCc1ccc(C)c(-c2ccc(N3CCCC3)nc2CN2C(=O)O[C@H](c3cc(C)cc(C(F)(F)F)c3)[C@@H]2C)c1. The summed E-state index contributed by atoms with van der Waals surface area (Å²) in [5, 5.41) is 0. The molecule has 2 aliphatic heterocycles. The van der Waals surface area contributed by atoms with Gasteiger partial charge in [-0.25, -0.2) is 9.78 Å². The van der Waals surface area contributed by atoms with Crippen LogP contribution >= 0.6 is 0 Å². The van der Waals surface area contributed by atoms with Gasteiger partial charge in [0.15, 0.2) is 0 Å². The Hall–Kier alpha value is -4.08. The van der Waals surface area contributed by atoms with Gasteiger partial charge in [-0.05, 0) is 86.6 Å². The van der Waals surface area contributed by atoms with Gasteiger partial charge in [-0.1, -0.05) is 29.8 Å². The highest BCUT2D eigenvalue weighted by Crippen LogP contribution is 2.39. The third kappa shape index (κ3) is 6.63. The average molecular weight is 596 g/mol. The van der Waals surface area contributed by atoms with Crippen LogP contribution in [0.2, 0.25) is 0 Å². The van der Waals surface area contributed by atoms with Gasteiger partial charge in [0.05, 0.1) is 31.0 Å². The van der Waals surface area contributed by atoms with Crippen molar-refractivity contribution >= 4 is 17.9 Å². The summed E-state index contributed by atoms with van der Waals surface area (Å²) in [6.07, 6.45) is -3.04. The van der Waals surface area contributed by atoms with E-state index >= 15 is 0 Å². The van der Waals surface area contributed by atoms with Gasteiger partial charge in [-0.2, -0.15) is 13.2 Å². The number of pyridine rings is 1. The number of halogens is 3. The van der Waals surface area contributed by atoms with E-state index in [1.165, 1.54) is 12.0 Å². The van der Waals surface area contributed by atoms with E-state index < -0.39 is 30.0 Å². The number of amides is 1. The molecular formula is C33H36F3N3O4. The molecule has 43 heavy (non-hydrogen) atoms. The lowest BCUT2D eigenvalue weighted by molar-refractivity contribution is -0.140. The molecule has 0 spiro atoms. The van der Waals surface area contributed by atoms with Gasteiger partial charge in [0.1, 0.15) is 11.9 Å². The van der Waals surface area contributed by atoms with E-state index in [1.807, 2.05) is 37.3 Å². The fourth-order valence-electron chi connectivity index (χ4n) is 5.90. The highest BCUT2D eigenvalue weighted by molar-refractivity contribution is 5.75. The molecule has 5 rings (SSSR count). The van der Waals surface area contributed by atoms with E-state index in [9.17, 15) is 22.8 Å². The van der Waals surface area contributed by atoms with Crippen LogP contribution in [0.1, 0.15) is 65.8 Å². The molecule has 1 amide bonds. The van der Waals surface area contributed by atoms with E-state index in [0.29, 0.717) is 23.2 Å². The van der Waals surface area contributed by atoms with Gasteiger partial charge in [0, 0.05) is 25.1 Å². The predicted octanol–water partition coefficient (Wildman–Crippen LogP) is 7.17. The van der Waals surface area contributed by atoms with Gasteiger partial charge < -0.3 is 14.4 Å². The number of benzene rings is 2. The Labute approximate surface area is 249 Å². The molecule has 2 fully saturated rings. The molecule has 0 saturated carbocycles. The molecule has 2 aliphatic rings. The van der Waals surface area contributed by atoms with E-state index in [-0.39, 0.29) is 18.9 Å². The number of aryl methyl sites for hydroxylation is 3. The van der Waals surface area contributed by atoms with Crippen LogP contribution < -0.4 is 4.90 Å². The first-order valence-corrected chi connectivity index (χ1v) is 14.5. The molecule has 1 aromatic heterocycles. The normalized spacial score (nSPS) is 18.7. The molecule has 2 saturated heterocycles. The van der Waals surface area contributed by atoms with Gasteiger partial charge in [0.25, 0.3) is 0 Å². The van der Waals surface area contributed by atoms with Crippen LogP contribution in [-0.2, 0) is 33.4 Å². The van der Waals surface area contributed by atoms with Crippen molar-refractivity contribution in [3.8, 4) is 11.1 Å². The van der Waals surface area contributed by atoms with Crippen molar-refractivity contribution in [3.05, 3.63) is 82.0 Å². The number of carbonyl (C=O) groups excluding carboxylic acids is 2. The van der Waals surface area contributed by atoms with Crippen LogP contribution in [0.4, 0.5) is 23.8 Å². The molecule has 10 heteroatoms. The first-order valence-electron chi connectivity index (χ1n) is 14.5. The number of hydrogen-bond donors (Lipinski definition) is 0. The fraction of sp³-hybridized carbons (Fsp3) is 0.424. The quantitative estimate of drug-likeness (QED) is 0.257. The molecule has 7 nitrogen and oxygen atoms in total. The summed E-state index contributed by atoms with van der Waals surface area (Å²) >= 11 is 0. The highest BCUT2D eigenvalue weighted by Gasteiger charge is 2.41. The number of ether oxygens (including phenoxy) is 2. The summed E-state index contributed by atoms with van der Waals surface area (Å²) in [6.45, 7) is 7.29. The van der Waals surface area contributed by atoms with Crippen molar-refractivity contribution in [3.63, 3.8) is 0 Å². The summed E-state index contributed by atoms with van der Waals surface area (Å²) in [5.41, 5.74) is 4.40. The predicted molar refractivity (Wildman–Crippen MR) is 157 cm³/mol. The summed E-state index contributed by atoms with van der Waals surface area (Å²) < 4.78 is 51.2. The Balaban J connectivity index is 1.49. The van der Waals surface area contributed by atoms with Crippen molar-refractivity contribution < 1.29 is 32.2 Å². The van der Waals surface area contributed by atoms with Crippen LogP contribution in [-0.4, -0.2) is 48.2 Å². The molecule has 2 atom stereocenters. The second-order valence-corrected chi connectivity index (χ2v) is 11.4. The number of esters is 1. The number of anilines is 1. The molecule has 0 unspecified atom stereocenters. The Bertz CT molecular complexity index is 1520. The summed E-state index contributed by atoms with van der Waals surface area (Å²) in [4.78, 5) is 33.8. The zero-order valence-corrected chi connectivity index (χ0v) is 24.8. The zero-order valence-electron chi connectivity index (χ0n) is 24.8. The second-order valence-electron chi connectivity index (χ2n) is 11.4. The van der Waals surface area contributed by atoms with Crippen LogP contribution in [0, 0.1) is 13.8 Å². The summed E-state index contributed by atoms with van der Waals surface area (Å²) in [6, 6.07) is 13.3. The Morgan fingerprint density at radius 1 is 1.05 bits per heavy atom.